The maximum Gasteiger partial charge on any atom is 0.166 e. The summed E-state index contributed by atoms with van der Waals surface area (Å²) in [5.74, 6) is 1.57. The van der Waals surface area contributed by atoms with Gasteiger partial charge in [-0.25, -0.2) is 4.98 Å². The second-order valence-corrected chi connectivity index (χ2v) is 4.73. The number of aromatic nitrogens is 2. The largest absolute Gasteiger partial charge is 0.496 e. The maximum atomic E-state index is 9.13. The summed E-state index contributed by atoms with van der Waals surface area (Å²) < 4.78 is 7.96. The number of hydrogen-bond acceptors (Lipinski definition) is 3. The van der Waals surface area contributed by atoms with Crippen LogP contribution in [0.1, 0.15) is 11.5 Å². The molecule has 18 heavy (non-hydrogen) atoms. The molecule has 0 aliphatic carbocycles. The Morgan fingerprint density at radius 2 is 2.17 bits per heavy atom. The quantitative estimate of drug-likeness (QED) is 0.857. The van der Waals surface area contributed by atoms with E-state index >= 15 is 0 Å². The molecule has 92 valence electrons. The van der Waals surface area contributed by atoms with Gasteiger partial charge >= 0.3 is 0 Å². The highest BCUT2D eigenvalue weighted by Gasteiger charge is 2.15. The summed E-state index contributed by atoms with van der Waals surface area (Å²) in [6.07, 6.45) is 0. The van der Waals surface area contributed by atoms with Gasteiger partial charge in [0.25, 0.3) is 0 Å². The fourth-order valence-electron chi connectivity index (χ4n) is 1.83. The molecular weight excluding hydrogens is 294 g/mol. The lowest BCUT2D eigenvalue weighted by atomic mass is 10.1. The zero-order valence-electron chi connectivity index (χ0n) is 10.4. The molecule has 2 aromatic rings. The standard InChI is InChI=1S/C13H12BrN3O/c1-8-16-11(7-15)13(17(8)2)9-4-5-12(18-3)10(14)6-9/h4-6H,1-3H3. The Hall–Kier alpha value is -1.80. The summed E-state index contributed by atoms with van der Waals surface area (Å²) in [6.45, 7) is 1.88. The Kier molecular flexibility index (Phi) is 3.39. The van der Waals surface area contributed by atoms with E-state index < -0.39 is 0 Å². The van der Waals surface area contributed by atoms with Crippen LogP contribution in [0, 0.1) is 18.3 Å². The van der Waals surface area contributed by atoms with Crippen LogP contribution < -0.4 is 4.74 Å². The predicted molar refractivity (Wildman–Crippen MR) is 72.3 cm³/mol. The molecule has 2 rings (SSSR count). The van der Waals surface area contributed by atoms with Gasteiger partial charge in [-0.3, -0.25) is 0 Å². The highest BCUT2D eigenvalue weighted by Crippen LogP contribution is 2.32. The third-order valence-corrected chi connectivity index (χ3v) is 3.47. The van der Waals surface area contributed by atoms with Gasteiger partial charge in [-0.1, -0.05) is 0 Å². The highest BCUT2D eigenvalue weighted by molar-refractivity contribution is 9.10. The number of aryl methyl sites for hydroxylation is 1. The lowest BCUT2D eigenvalue weighted by molar-refractivity contribution is 0.412. The number of ether oxygens (including phenoxy) is 1. The van der Waals surface area contributed by atoms with Gasteiger partial charge in [0.15, 0.2) is 5.69 Å². The molecule has 0 N–H and O–H groups in total. The second-order valence-electron chi connectivity index (χ2n) is 3.88. The first-order valence-electron chi connectivity index (χ1n) is 5.35. The average molecular weight is 306 g/mol. The van der Waals surface area contributed by atoms with Crippen molar-refractivity contribution in [1.29, 1.82) is 5.26 Å². The fraction of sp³-hybridized carbons (Fsp3) is 0.231. The summed E-state index contributed by atoms with van der Waals surface area (Å²) in [5.41, 5.74) is 2.19. The van der Waals surface area contributed by atoms with Crippen molar-refractivity contribution >= 4 is 15.9 Å². The van der Waals surface area contributed by atoms with E-state index in [0.717, 1.165) is 27.3 Å². The zero-order valence-corrected chi connectivity index (χ0v) is 11.9. The monoisotopic (exact) mass is 305 g/mol. The molecule has 0 saturated heterocycles. The van der Waals surface area contributed by atoms with Gasteiger partial charge in [-0.2, -0.15) is 5.26 Å². The van der Waals surface area contributed by atoms with E-state index in [2.05, 4.69) is 27.0 Å². The minimum absolute atomic E-state index is 0.437. The van der Waals surface area contributed by atoms with E-state index in [0.29, 0.717) is 5.69 Å². The minimum Gasteiger partial charge on any atom is -0.496 e. The first-order valence-corrected chi connectivity index (χ1v) is 6.15. The van der Waals surface area contributed by atoms with Gasteiger partial charge in [0.05, 0.1) is 17.3 Å². The molecular formula is C13H12BrN3O. The molecule has 0 amide bonds. The van der Waals surface area contributed by atoms with Gasteiger partial charge in [0, 0.05) is 12.6 Å². The van der Waals surface area contributed by atoms with Gasteiger partial charge in [0.2, 0.25) is 0 Å². The molecule has 0 fully saturated rings. The van der Waals surface area contributed by atoms with Crippen LogP contribution >= 0.6 is 15.9 Å². The van der Waals surface area contributed by atoms with Crippen molar-refractivity contribution in [2.24, 2.45) is 7.05 Å². The van der Waals surface area contributed by atoms with Gasteiger partial charge < -0.3 is 9.30 Å². The van der Waals surface area contributed by atoms with E-state index in [9.17, 15) is 0 Å². The lowest BCUT2D eigenvalue weighted by Crippen LogP contribution is -1.95. The van der Waals surface area contributed by atoms with E-state index in [1.54, 1.807) is 7.11 Å². The number of nitriles is 1. The number of imidazole rings is 1. The van der Waals surface area contributed by atoms with Crippen LogP contribution in [-0.4, -0.2) is 16.7 Å². The van der Waals surface area contributed by atoms with Crippen LogP contribution in [0.5, 0.6) is 5.75 Å². The second kappa shape index (κ2) is 4.83. The predicted octanol–water partition coefficient (Wildman–Crippen LogP) is 3.04. The molecule has 0 atom stereocenters. The molecule has 0 aliphatic heterocycles. The lowest BCUT2D eigenvalue weighted by Gasteiger charge is -2.08. The smallest absolute Gasteiger partial charge is 0.166 e. The van der Waals surface area contributed by atoms with Crippen LogP contribution in [0.2, 0.25) is 0 Å². The SMILES string of the molecule is COc1ccc(-c2c(C#N)nc(C)n2C)cc1Br. The molecule has 1 aromatic carbocycles. The summed E-state index contributed by atoms with van der Waals surface area (Å²) >= 11 is 3.44. The molecule has 0 bridgehead atoms. The van der Waals surface area contributed by atoms with E-state index in [-0.39, 0.29) is 0 Å². The minimum atomic E-state index is 0.437. The third-order valence-electron chi connectivity index (χ3n) is 2.85. The average Bonchev–Trinajstić information content (AvgIpc) is 2.65. The number of hydrogen-bond donors (Lipinski definition) is 0. The number of methoxy groups -OCH3 is 1. The topological polar surface area (TPSA) is 50.8 Å². The normalized spacial score (nSPS) is 10.2. The van der Waals surface area contributed by atoms with Crippen molar-refractivity contribution in [2.45, 2.75) is 6.92 Å². The van der Waals surface area contributed by atoms with Crippen molar-refractivity contribution < 1.29 is 4.74 Å². The van der Waals surface area contributed by atoms with Crippen molar-refractivity contribution in [2.75, 3.05) is 7.11 Å². The van der Waals surface area contributed by atoms with Crippen LogP contribution in [0.3, 0.4) is 0 Å². The molecule has 0 spiro atoms. The Morgan fingerprint density at radius 3 is 2.72 bits per heavy atom. The van der Waals surface area contributed by atoms with E-state index in [4.69, 9.17) is 10.00 Å². The Morgan fingerprint density at radius 1 is 1.44 bits per heavy atom. The summed E-state index contributed by atoms with van der Waals surface area (Å²) in [4.78, 5) is 4.23. The van der Waals surface area contributed by atoms with E-state index in [1.807, 2.05) is 36.7 Å². The fourth-order valence-corrected chi connectivity index (χ4v) is 2.37. The third kappa shape index (κ3) is 2.00. The van der Waals surface area contributed by atoms with Crippen molar-refractivity contribution in [3.05, 3.63) is 34.2 Å². The van der Waals surface area contributed by atoms with Gasteiger partial charge in [0.1, 0.15) is 17.6 Å². The Bertz CT molecular complexity index is 640. The number of rotatable bonds is 2. The van der Waals surface area contributed by atoms with E-state index in [1.165, 1.54) is 0 Å². The molecule has 1 aromatic heterocycles. The van der Waals surface area contributed by atoms with Gasteiger partial charge in [-0.15, -0.1) is 0 Å². The van der Waals surface area contributed by atoms with Crippen molar-refractivity contribution in [3.8, 4) is 23.1 Å². The molecule has 0 radical (unpaired) electrons. The van der Waals surface area contributed by atoms with Crippen LogP contribution in [0.15, 0.2) is 22.7 Å². The van der Waals surface area contributed by atoms with Crippen LogP contribution in [-0.2, 0) is 7.05 Å². The summed E-state index contributed by atoms with van der Waals surface area (Å²) in [6, 6.07) is 7.83. The zero-order chi connectivity index (χ0) is 13.3. The first kappa shape index (κ1) is 12.7. The van der Waals surface area contributed by atoms with Gasteiger partial charge in [-0.05, 0) is 41.1 Å². The molecule has 0 unspecified atom stereocenters. The van der Waals surface area contributed by atoms with Crippen LogP contribution in [0.4, 0.5) is 0 Å². The highest BCUT2D eigenvalue weighted by atomic mass is 79.9. The van der Waals surface area contributed by atoms with Crippen molar-refractivity contribution in [3.63, 3.8) is 0 Å². The Balaban J connectivity index is 2.63. The number of halogens is 1. The molecule has 0 saturated carbocycles. The molecule has 1 heterocycles. The van der Waals surface area contributed by atoms with Crippen LogP contribution in [0.25, 0.3) is 11.3 Å². The summed E-state index contributed by atoms with van der Waals surface area (Å²) in [7, 11) is 3.52. The van der Waals surface area contributed by atoms with Crippen molar-refractivity contribution in [1.82, 2.24) is 9.55 Å². The number of nitrogens with zero attached hydrogens (tertiary/aromatic N) is 3. The number of benzene rings is 1. The molecule has 5 heteroatoms. The summed E-state index contributed by atoms with van der Waals surface area (Å²) in [5, 5.41) is 9.13. The molecule has 0 aliphatic rings. The molecule has 4 nitrogen and oxygen atoms in total. The Labute approximate surface area is 114 Å². The maximum absolute atomic E-state index is 9.13. The first-order chi connectivity index (χ1) is 8.58.